The molecule has 0 radical (unpaired) electrons. The lowest BCUT2D eigenvalue weighted by Crippen LogP contribution is -2.44. The molecule has 1 fully saturated rings. The first-order chi connectivity index (χ1) is 17.9. The fourth-order valence-electron chi connectivity index (χ4n) is 4.17. The van der Waals surface area contributed by atoms with Crippen LogP contribution in [0.2, 0.25) is 5.02 Å². The lowest BCUT2D eigenvalue weighted by atomic mass is 9.93. The van der Waals surface area contributed by atoms with Crippen LogP contribution < -0.4 is 4.90 Å². The van der Waals surface area contributed by atoms with Crippen molar-refractivity contribution in [1.82, 2.24) is 14.9 Å². The van der Waals surface area contributed by atoms with Gasteiger partial charge in [-0.05, 0) is 69.6 Å². The number of aromatic nitrogens is 2. The number of carbonyl (C=O) groups is 1. The van der Waals surface area contributed by atoms with E-state index in [2.05, 4.69) is 22.2 Å². The van der Waals surface area contributed by atoms with Gasteiger partial charge in [-0.1, -0.05) is 23.7 Å². The maximum Gasteiger partial charge on any atom is 0.307 e. The van der Waals surface area contributed by atoms with E-state index in [1.165, 1.54) is 0 Å². The minimum Gasteiger partial charge on any atom is -0.481 e. The van der Waals surface area contributed by atoms with Crippen LogP contribution in [-0.2, 0) is 11.2 Å². The predicted octanol–water partition coefficient (Wildman–Crippen LogP) is 6.20. The van der Waals surface area contributed by atoms with E-state index in [1.807, 2.05) is 37.3 Å². The summed E-state index contributed by atoms with van der Waals surface area (Å²) < 4.78 is 0.977. The third-order valence-electron chi connectivity index (χ3n) is 5.97. The Kier molecular flexibility index (Phi) is 8.74. The number of hydrogen-bond donors (Lipinski definition) is 2. The van der Waals surface area contributed by atoms with Gasteiger partial charge in [0.25, 0.3) is 0 Å². The van der Waals surface area contributed by atoms with Crippen LogP contribution >= 0.6 is 34.3 Å². The molecule has 1 saturated heterocycles. The van der Waals surface area contributed by atoms with E-state index in [0.717, 1.165) is 74.5 Å². The molecule has 2 aromatic carbocycles. The van der Waals surface area contributed by atoms with E-state index >= 15 is 0 Å². The Morgan fingerprint density at radius 2 is 1.71 bits per heavy atom. The van der Waals surface area contributed by atoms with Gasteiger partial charge in [0.05, 0.1) is 22.2 Å². The van der Waals surface area contributed by atoms with Crippen molar-refractivity contribution >= 4 is 56.3 Å². The highest BCUT2D eigenvalue weighted by Crippen LogP contribution is 2.42. The van der Waals surface area contributed by atoms with Crippen LogP contribution in [0.15, 0.2) is 35.7 Å². The van der Waals surface area contributed by atoms with Crippen molar-refractivity contribution in [2.24, 2.45) is 0 Å². The summed E-state index contributed by atoms with van der Waals surface area (Å²) in [6.07, 6.45) is -0.0439. The van der Waals surface area contributed by atoms with E-state index in [9.17, 15) is 9.90 Å². The Hall–Kier alpha value is -2.56. The maximum atomic E-state index is 11.6. The molecular weight excluding hydrogens is 540 g/mol. The molecule has 0 saturated carbocycles. The number of nitrogens with zero attached hydrogens (tertiary/aromatic N) is 4. The summed E-state index contributed by atoms with van der Waals surface area (Å²) >= 11 is 9.29. The van der Waals surface area contributed by atoms with Crippen molar-refractivity contribution < 1.29 is 15.0 Å². The zero-order valence-electron chi connectivity index (χ0n) is 22.3. The van der Waals surface area contributed by atoms with Crippen molar-refractivity contribution in [3.8, 4) is 21.1 Å². The van der Waals surface area contributed by atoms with Gasteiger partial charge in [0, 0.05) is 42.1 Å². The van der Waals surface area contributed by atoms with Gasteiger partial charge in [-0.25, -0.2) is 9.97 Å². The number of aliphatic carboxylic acids is 1. The second-order valence-corrected chi connectivity index (χ2v) is 12.8. The van der Waals surface area contributed by atoms with Gasteiger partial charge in [-0.3, -0.25) is 4.79 Å². The van der Waals surface area contributed by atoms with E-state index in [0.29, 0.717) is 5.02 Å². The number of rotatable bonds is 5. The van der Waals surface area contributed by atoms with E-state index < -0.39 is 11.6 Å². The normalized spacial score (nSPS) is 14.4. The fourth-order valence-corrected chi connectivity index (χ4v) is 6.30. The molecule has 10 heteroatoms. The first-order valence-electron chi connectivity index (χ1n) is 12.4. The maximum absolute atomic E-state index is 11.6. The summed E-state index contributed by atoms with van der Waals surface area (Å²) in [5, 5.41) is 22.6. The molecule has 1 aliphatic heterocycles. The fraction of sp³-hybridized carbons (Fsp3) is 0.393. The predicted molar refractivity (Wildman–Crippen MR) is 159 cm³/mol. The Morgan fingerprint density at radius 1 is 1.08 bits per heavy atom. The van der Waals surface area contributed by atoms with E-state index in [1.54, 1.807) is 43.4 Å². The molecule has 5 rings (SSSR count). The van der Waals surface area contributed by atoms with Crippen molar-refractivity contribution in [2.45, 2.75) is 39.7 Å². The summed E-state index contributed by atoms with van der Waals surface area (Å²) in [6.45, 7) is 11.2. The van der Waals surface area contributed by atoms with Gasteiger partial charge in [-0.2, -0.15) is 0 Å². The number of aliphatic hydroxyl groups is 1. The number of hydrogen-bond acceptors (Lipinski definition) is 8. The highest BCUT2D eigenvalue weighted by atomic mass is 35.5. The third-order valence-corrected chi connectivity index (χ3v) is 8.29. The second-order valence-electron chi connectivity index (χ2n) is 10.5. The zero-order valence-corrected chi connectivity index (χ0v) is 24.7. The molecule has 38 heavy (non-hydrogen) atoms. The van der Waals surface area contributed by atoms with Gasteiger partial charge in [0.2, 0.25) is 0 Å². The van der Waals surface area contributed by atoms with Crippen molar-refractivity contribution in [1.29, 1.82) is 0 Å². The highest BCUT2D eigenvalue weighted by molar-refractivity contribution is 7.25. The second kappa shape index (κ2) is 11.7. The average molecular weight is 573 g/mol. The first-order valence-corrected chi connectivity index (χ1v) is 14.5. The molecule has 2 aromatic heterocycles. The SMILES string of the molecule is CC(C)(C)O.Cc1cc2nc(-c3nc(N4CCN(C)CC4)cs3)sc2c(-c2ccc(Cl)cc2)c1CC(=O)O. The molecule has 3 heterocycles. The number of fused-ring (bicyclic) bond motifs is 1. The topological polar surface area (TPSA) is 89.8 Å². The molecule has 4 aromatic rings. The van der Waals surface area contributed by atoms with Gasteiger partial charge < -0.3 is 20.0 Å². The highest BCUT2D eigenvalue weighted by Gasteiger charge is 2.22. The first kappa shape index (κ1) is 28.4. The lowest BCUT2D eigenvalue weighted by molar-refractivity contribution is -0.136. The van der Waals surface area contributed by atoms with Gasteiger partial charge in [0.1, 0.15) is 5.82 Å². The molecule has 0 unspecified atom stereocenters. The molecule has 0 atom stereocenters. The minimum atomic E-state index is -0.853. The van der Waals surface area contributed by atoms with Crippen LogP contribution in [0.25, 0.3) is 31.4 Å². The van der Waals surface area contributed by atoms with Crippen LogP contribution in [0.4, 0.5) is 5.82 Å². The number of thiazole rings is 2. The molecule has 0 amide bonds. The molecule has 202 valence electrons. The number of halogens is 1. The molecular formula is C28H33ClN4O3S2. The van der Waals surface area contributed by atoms with E-state index in [-0.39, 0.29) is 6.42 Å². The van der Waals surface area contributed by atoms with Crippen molar-refractivity contribution in [3.05, 3.63) is 51.9 Å². The Morgan fingerprint density at radius 3 is 2.32 bits per heavy atom. The number of carboxylic acid groups (broad SMARTS) is 1. The number of likely N-dealkylation sites (N-methyl/N-ethyl adjacent to an activating group) is 1. The van der Waals surface area contributed by atoms with Crippen LogP contribution in [-0.4, -0.2) is 69.9 Å². The van der Waals surface area contributed by atoms with E-state index in [4.69, 9.17) is 26.7 Å². The van der Waals surface area contributed by atoms with Crippen molar-refractivity contribution in [2.75, 3.05) is 38.1 Å². The Labute approximate surface area is 236 Å². The molecule has 0 bridgehead atoms. The number of aryl methyl sites for hydroxylation is 1. The van der Waals surface area contributed by atoms with Crippen LogP contribution in [0.1, 0.15) is 31.9 Å². The lowest BCUT2D eigenvalue weighted by Gasteiger charge is -2.32. The molecule has 2 N–H and O–H groups in total. The molecule has 7 nitrogen and oxygen atoms in total. The van der Waals surface area contributed by atoms with Gasteiger partial charge >= 0.3 is 5.97 Å². The minimum absolute atomic E-state index is 0.0439. The number of benzene rings is 2. The molecule has 1 aliphatic rings. The quantitative estimate of drug-likeness (QED) is 0.294. The Balaban J connectivity index is 0.000000617. The van der Waals surface area contributed by atoms with Crippen LogP contribution in [0, 0.1) is 6.92 Å². The number of anilines is 1. The third kappa shape index (κ3) is 7.09. The zero-order chi connectivity index (χ0) is 27.6. The molecule has 0 aliphatic carbocycles. The van der Waals surface area contributed by atoms with Crippen molar-refractivity contribution in [3.63, 3.8) is 0 Å². The average Bonchev–Trinajstić information content (AvgIpc) is 3.47. The van der Waals surface area contributed by atoms with Gasteiger partial charge in [0.15, 0.2) is 10.0 Å². The Bertz CT molecular complexity index is 1410. The molecule has 0 spiro atoms. The monoisotopic (exact) mass is 572 g/mol. The standard InChI is InChI=1S/C24H23ClN4O2S2.C4H10O/c1-14-11-18-22(21(17(14)12-20(30)31)15-3-5-16(25)6-4-15)33-24(26-18)23-27-19(13-32-23)29-9-7-28(2)8-10-29;1-4(2,3)5/h3-6,11,13H,7-10,12H2,1-2H3,(H,30,31);5H,1-3H3. The summed E-state index contributed by atoms with van der Waals surface area (Å²) in [5.74, 6) is 0.150. The smallest absolute Gasteiger partial charge is 0.307 e. The summed E-state index contributed by atoms with van der Waals surface area (Å²) in [4.78, 5) is 26.1. The van der Waals surface area contributed by atoms with Gasteiger partial charge in [-0.15, -0.1) is 22.7 Å². The number of carboxylic acids is 1. The largest absolute Gasteiger partial charge is 0.481 e. The van der Waals surface area contributed by atoms with Crippen LogP contribution in [0.5, 0.6) is 0 Å². The van der Waals surface area contributed by atoms with Crippen LogP contribution in [0.3, 0.4) is 0 Å². The summed E-state index contributed by atoms with van der Waals surface area (Å²) in [7, 11) is 2.14. The number of piperazine rings is 1. The summed E-state index contributed by atoms with van der Waals surface area (Å²) in [6, 6.07) is 9.54. The summed E-state index contributed by atoms with van der Waals surface area (Å²) in [5.41, 5.74) is 3.96.